The van der Waals surface area contributed by atoms with Gasteiger partial charge in [-0.25, -0.2) is 0 Å². The summed E-state index contributed by atoms with van der Waals surface area (Å²) in [4.78, 5) is 12.3. The number of nitrogens with one attached hydrogen (secondary N) is 3. The lowest BCUT2D eigenvalue weighted by molar-refractivity contribution is -0.123. The number of carbonyl (C=O) groups excluding carboxylic acids is 1. The first-order valence-corrected chi connectivity index (χ1v) is 9.33. The first-order valence-electron chi connectivity index (χ1n) is 9.33. The van der Waals surface area contributed by atoms with Gasteiger partial charge in [0.25, 0.3) is 0 Å². The van der Waals surface area contributed by atoms with Gasteiger partial charge in [0.05, 0.1) is 23.7 Å². The molecule has 5 heteroatoms. The van der Waals surface area contributed by atoms with Crippen LogP contribution in [0.25, 0.3) is 11.1 Å². The van der Waals surface area contributed by atoms with Crippen LogP contribution in [0.5, 0.6) is 0 Å². The molecule has 1 amide bonds. The molecule has 27 heavy (non-hydrogen) atoms. The number of hydrogen-bond donors (Lipinski definition) is 3. The van der Waals surface area contributed by atoms with Crippen LogP contribution in [0.1, 0.15) is 30.4 Å². The van der Waals surface area contributed by atoms with Crippen LogP contribution < -0.4 is 10.6 Å². The fraction of sp³-hybridized carbons (Fsp3) is 0.318. The van der Waals surface area contributed by atoms with Gasteiger partial charge < -0.3 is 16.0 Å². The lowest BCUT2D eigenvalue weighted by atomic mass is 9.99. The number of rotatable bonds is 6. The molecule has 2 atom stereocenters. The van der Waals surface area contributed by atoms with E-state index in [1.54, 1.807) is 0 Å². The summed E-state index contributed by atoms with van der Waals surface area (Å²) in [5.74, 6) is -0.0163. The van der Waals surface area contributed by atoms with Crippen LogP contribution in [0.3, 0.4) is 0 Å². The van der Waals surface area contributed by atoms with Crippen molar-refractivity contribution >= 4 is 12.1 Å². The van der Waals surface area contributed by atoms with Crippen molar-refractivity contribution in [1.29, 1.82) is 10.7 Å². The molecule has 5 nitrogen and oxygen atoms in total. The number of amides is 1. The van der Waals surface area contributed by atoms with Gasteiger partial charge in [0.15, 0.2) is 0 Å². The summed E-state index contributed by atoms with van der Waals surface area (Å²) in [6.07, 6.45) is 4.93. The Kier molecular flexibility index (Phi) is 6.35. The molecular weight excluding hydrogens is 336 g/mol. The molecule has 1 aliphatic rings. The highest BCUT2D eigenvalue weighted by Gasteiger charge is 2.22. The van der Waals surface area contributed by atoms with E-state index < -0.39 is 0 Å². The van der Waals surface area contributed by atoms with E-state index in [0.717, 1.165) is 42.5 Å². The topological polar surface area (TPSA) is 88.8 Å². The third kappa shape index (κ3) is 5.02. The van der Waals surface area contributed by atoms with Gasteiger partial charge in [0.1, 0.15) is 0 Å². The molecule has 1 saturated heterocycles. The Labute approximate surface area is 159 Å². The number of hydrogen-bond acceptors (Lipinski definition) is 4. The number of piperidine rings is 1. The van der Waals surface area contributed by atoms with Crippen LogP contribution in [-0.2, 0) is 11.2 Å². The van der Waals surface area contributed by atoms with Gasteiger partial charge in [0, 0.05) is 6.21 Å². The van der Waals surface area contributed by atoms with E-state index in [1.807, 2.05) is 48.5 Å². The third-order valence-corrected chi connectivity index (χ3v) is 4.91. The van der Waals surface area contributed by atoms with E-state index in [4.69, 9.17) is 10.7 Å². The smallest absolute Gasteiger partial charge is 0.237 e. The summed E-state index contributed by atoms with van der Waals surface area (Å²) in [7, 11) is 0. The molecule has 3 N–H and O–H groups in total. The molecule has 1 aliphatic heterocycles. The number of carbonyl (C=O) groups is 1. The average molecular weight is 360 g/mol. The molecule has 3 rings (SSSR count). The third-order valence-electron chi connectivity index (χ3n) is 4.91. The van der Waals surface area contributed by atoms with Gasteiger partial charge in [-0.3, -0.25) is 4.79 Å². The molecule has 2 aromatic carbocycles. The monoisotopic (exact) mass is 360 g/mol. The SMILES string of the molecule is N#Cc1ccc(-c2ccc(C[C@@H](C=N)NC(=O)[C@@H]3CCCCN3)cc2)cc1. The summed E-state index contributed by atoms with van der Waals surface area (Å²) in [6.45, 7) is 0.879. The highest BCUT2D eigenvalue weighted by molar-refractivity contribution is 5.84. The second-order valence-electron chi connectivity index (χ2n) is 6.87. The van der Waals surface area contributed by atoms with Crippen LogP contribution in [0.4, 0.5) is 0 Å². The minimum Gasteiger partial charge on any atom is -0.347 e. The zero-order valence-corrected chi connectivity index (χ0v) is 15.2. The normalized spacial score (nSPS) is 17.5. The van der Waals surface area contributed by atoms with E-state index in [1.165, 1.54) is 6.21 Å². The van der Waals surface area contributed by atoms with Crippen molar-refractivity contribution in [3.63, 3.8) is 0 Å². The Balaban J connectivity index is 1.61. The highest BCUT2D eigenvalue weighted by Crippen LogP contribution is 2.20. The summed E-state index contributed by atoms with van der Waals surface area (Å²) in [5, 5.41) is 22.7. The summed E-state index contributed by atoms with van der Waals surface area (Å²) in [5.41, 5.74) is 3.84. The Hall–Kier alpha value is -2.97. The van der Waals surface area contributed by atoms with Crippen LogP contribution in [0.15, 0.2) is 48.5 Å². The van der Waals surface area contributed by atoms with Gasteiger partial charge >= 0.3 is 0 Å². The van der Waals surface area contributed by atoms with Gasteiger partial charge in [-0.2, -0.15) is 5.26 Å². The van der Waals surface area contributed by atoms with Crippen LogP contribution >= 0.6 is 0 Å². The maximum atomic E-state index is 12.3. The summed E-state index contributed by atoms with van der Waals surface area (Å²) < 4.78 is 0. The molecule has 0 aromatic heterocycles. The van der Waals surface area contributed by atoms with Gasteiger partial charge in [0.2, 0.25) is 5.91 Å². The largest absolute Gasteiger partial charge is 0.347 e. The van der Waals surface area contributed by atoms with Crippen molar-refractivity contribution in [2.24, 2.45) is 0 Å². The quantitative estimate of drug-likeness (QED) is 0.692. The van der Waals surface area contributed by atoms with Crippen molar-refractivity contribution in [2.75, 3.05) is 6.54 Å². The van der Waals surface area contributed by atoms with E-state index >= 15 is 0 Å². The fourth-order valence-corrected chi connectivity index (χ4v) is 3.33. The van der Waals surface area contributed by atoms with Crippen LogP contribution in [0.2, 0.25) is 0 Å². The maximum absolute atomic E-state index is 12.3. The van der Waals surface area contributed by atoms with Gasteiger partial charge in [-0.05, 0) is 54.6 Å². The van der Waals surface area contributed by atoms with Crippen molar-refractivity contribution < 1.29 is 4.79 Å². The van der Waals surface area contributed by atoms with Crippen molar-refractivity contribution in [1.82, 2.24) is 10.6 Å². The molecule has 0 unspecified atom stereocenters. The maximum Gasteiger partial charge on any atom is 0.237 e. The van der Waals surface area contributed by atoms with E-state index in [-0.39, 0.29) is 18.0 Å². The lowest BCUT2D eigenvalue weighted by Crippen LogP contribution is -2.50. The Morgan fingerprint density at radius 1 is 1.19 bits per heavy atom. The Morgan fingerprint density at radius 2 is 1.85 bits per heavy atom. The zero-order valence-electron chi connectivity index (χ0n) is 15.2. The van der Waals surface area contributed by atoms with E-state index in [9.17, 15) is 4.79 Å². The Bertz CT molecular complexity index is 815. The van der Waals surface area contributed by atoms with Gasteiger partial charge in [-0.1, -0.05) is 42.8 Å². The summed E-state index contributed by atoms with van der Waals surface area (Å²) >= 11 is 0. The molecular formula is C22H24N4O. The molecule has 138 valence electrons. The molecule has 0 radical (unpaired) electrons. The molecule has 0 aliphatic carbocycles. The number of nitriles is 1. The number of nitrogens with zero attached hydrogens (tertiary/aromatic N) is 1. The minimum absolute atomic E-state index is 0.0163. The van der Waals surface area contributed by atoms with Crippen LogP contribution in [-0.4, -0.2) is 30.8 Å². The van der Waals surface area contributed by atoms with Crippen molar-refractivity contribution in [3.05, 3.63) is 59.7 Å². The van der Waals surface area contributed by atoms with Crippen molar-refractivity contribution in [3.8, 4) is 17.2 Å². The highest BCUT2D eigenvalue weighted by atomic mass is 16.2. The standard InChI is InChI=1S/C22H24N4O/c23-14-17-6-10-19(11-7-17)18-8-4-16(5-9-18)13-20(15-24)26-22(27)21-3-1-2-12-25-21/h4-11,15,20-21,24-25H,1-3,12-13H2,(H,26,27)/t20-,21-/m0/s1. The number of benzene rings is 2. The molecule has 1 heterocycles. The average Bonchev–Trinajstić information content (AvgIpc) is 2.74. The minimum atomic E-state index is -0.304. The second-order valence-corrected chi connectivity index (χ2v) is 6.87. The van der Waals surface area contributed by atoms with E-state index in [0.29, 0.717) is 12.0 Å². The predicted octanol–water partition coefficient (Wildman–Crippen LogP) is 3.04. The molecule has 2 aromatic rings. The van der Waals surface area contributed by atoms with Crippen molar-refractivity contribution in [2.45, 2.75) is 37.8 Å². The Morgan fingerprint density at radius 3 is 2.41 bits per heavy atom. The predicted molar refractivity (Wildman–Crippen MR) is 107 cm³/mol. The first kappa shape index (κ1) is 18.8. The molecule has 0 spiro atoms. The van der Waals surface area contributed by atoms with E-state index in [2.05, 4.69) is 16.7 Å². The van der Waals surface area contributed by atoms with Crippen LogP contribution in [0, 0.1) is 16.7 Å². The zero-order chi connectivity index (χ0) is 19.1. The molecule has 0 saturated carbocycles. The van der Waals surface area contributed by atoms with Gasteiger partial charge in [-0.15, -0.1) is 0 Å². The molecule has 1 fully saturated rings. The molecule has 0 bridgehead atoms. The summed E-state index contributed by atoms with van der Waals surface area (Å²) in [6, 6.07) is 17.3. The first-order chi connectivity index (χ1) is 13.2. The fourth-order valence-electron chi connectivity index (χ4n) is 3.33. The lowest BCUT2D eigenvalue weighted by Gasteiger charge is -2.24. The second kappa shape index (κ2) is 9.11.